The Morgan fingerprint density at radius 3 is 2.62 bits per heavy atom. The highest BCUT2D eigenvalue weighted by molar-refractivity contribution is 9.10. The second-order valence-corrected chi connectivity index (χ2v) is 5.75. The molecule has 0 bridgehead atoms. The molecule has 10 heteroatoms. The molecule has 0 fully saturated rings. The van der Waals surface area contributed by atoms with Crippen molar-refractivity contribution in [1.82, 2.24) is 19.7 Å². The van der Waals surface area contributed by atoms with Crippen molar-refractivity contribution in [3.05, 3.63) is 52.1 Å². The number of hydrogen-bond donors (Lipinski definition) is 0. The fourth-order valence-corrected chi connectivity index (χ4v) is 2.33. The first-order valence-electron chi connectivity index (χ1n) is 6.62. The van der Waals surface area contributed by atoms with Crippen LogP contribution >= 0.6 is 15.9 Å². The Morgan fingerprint density at radius 1 is 1.29 bits per heavy atom. The third-order valence-corrected chi connectivity index (χ3v) is 3.71. The lowest BCUT2D eigenvalue weighted by Gasteiger charge is -2.06. The number of aryl methyl sites for hydroxylation is 1. The Kier molecular flexibility index (Phi) is 4.16. The van der Waals surface area contributed by atoms with E-state index in [4.69, 9.17) is 4.52 Å². The number of pyridine rings is 1. The van der Waals surface area contributed by atoms with E-state index in [1.54, 1.807) is 13.0 Å². The summed E-state index contributed by atoms with van der Waals surface area (Å²) >= 11 is 2.90. The highest BCUT2D eigenvalue weighted by Gasteiger charge is 2.35. The number of alkyl halides is 3. The van der Waals surface area contributed by atoms with E-state index >= 15 is 0 Å². The highest BCUT2D eigenvalue weighted by atomic mass is 79.9. The van der Waals surface area contributed by atoms with E-state index in [1.807, 2.05) is 0 Å². The normalized spacial score (nSPS) is 11.9. The molecule has 3 rings (SSSR count). The Balaban J connectivity index is 2.08. The minimum absolute atomic E-state index is 0.00651. The van der Waals surface area contributed by atoms with Crippen LogP contribution in [0.15, 0.2) is 33.7 Å². The molecule has 0 saturated heterocycles. The van der Waals surface area contributed by atoms with Crippen molar-refractivity contribution in [3.8, 4) is 11.4 Å². The van der Waals surface area contributed by atoms with E-state index in [2.05, 4.69) is 31.1 Å². The lowest BCUT2D eigenvalue weighted by Crippen LogP contribution is -2.05. The smallest absolute Gasteiger partial charge is 0.361 e. The molecule has 3 heterocycles. The molecule has 0 N–H and O–H groups in total. The molecule has 3 aromatic heterocycles. The second-order valence-electron chi connectivity index (χ2n) is 5.00. The van der Waals surface area contributed by atoms with Crippen molar-refractivity contribution in [2.24, 2.45) is 0 Å². The van der Waals surface area contributed by atoms with Crippen LogP contribution in [0.1, 0.15) is 17.1 Å². The summed E-state index contributed by atoms with van der Waals surface area (Å²) in [6, 6.07) is 2.65. The van der Waals surface area contributed by atoms with Crippen LogP contribution in [0, 0.1) is 12.7 Å². The van der Waals surface area contributed by atoms with Gasteiger partial charge in [-0.15, -0.1) is 0 Å². The summed E-state index contributed by atoms with van der Waals surface area (Å²) in [5.74, 6) is -0.242. The third-order valence-electron chi connectivity index (χ3n) is 3.13. The minimum atomic E-state index is -4.62. The molecule has 0 aliphatic rings. The van der Waals surface area contributed by atoms with Gasteiger partial charge < -0.3 is 9.09 Å². The Bertz CT molecular complexity index is 887. The van der Waals surface area contributed by atoms with Crippen LogP contribution in [0.3, 0.4) is 0 Å². The maximum atomic E-state index is 13.7. The van der Waals surface area contributed by atoms with Crippen LogP contribution in [0.2, 0.25) is 0 Å². The van der Waals surface area contributed by atoms with Crippen LogP contribution < -0.4 is 0 Å². The molecule has 3 aromatic rings. The van der Waals surface area contributed by atoms with Crippen molar-refractivity contribution >= 4 is 15.9 Å². The fraction of sp³-hybridized carbons (Fsp3) is 0.214. The molecule has 24 heavy (non-hydrogen) atoms. The lowest BCUT2D eigenvalue weighted by atomic mass is 10.2. The molecule has 0 atom stereocenters. The maximum absolute atomic E-state index is 13.7. The van der Waals surface area contributed by atoms with Crippen molar-refractivity contribution in [3.63, 3.8) is 0 Å². The SMILES string of the molecule is Cc1cc(Cn2cc(C(F)(F)F)nc2-c2cnc(Br)c(F)c2)no1. The van der Waals surface area contributed by atoms with Gasteiger partial charge in [-0.25, -0.2) is 14.4 Å². The van der Waals surface area contributed by atoms with E-state index in [9.17, 15) is 17.6 Å². The molecule has 0 aromatic carbocycles. The zero-order valence-corrected chi connectivity index (χ0v) is 13.7. The molecule has 0 amide bonds. The Morgan fingerprint density at radius 2 is 2.04 bits per heavy atom. The predicted octanol–water partition coefficient (Wildman–Crippen LogP) is 4.21. The van der Waals surface area contributed by atoms with Crippen molar-refractivity contribution < 1.29 is 22.1 Å². The molecule has 0 spiro atoms. The lowest BCUT2D eigenvalue weighted by molar-refractivity contribution is -0.140. The van der Waals surface area contributed by atoms with Gasteiger partial charge in [0.1, 0.15) is 21.9 Å². The second kappa shape index (κ2) is 6.00. The number of imidazole rings is 1. The first-order chi connectivity index (χ1) is 11.2. The van der Waals surface area contributed by atoms with Crippen molar-refractivity contribution in [1.29, 1.82) is 0 Å². The predicted molar refractivity (Wildman–Crippen MR) is 78.5 cm³/mol. The Hall–Kier alpha value is -2.23. The van der Waals surface area contributed by atoms with Crippen LogP contribution in [-0.2, 0) is 12.7 Å². The molecule has 0 aliphatic heterocycles. The van der Waals surface area contributed by atoms with Gasteiger partial charge in [0.05, 0.1) is 6.54 Å². The molecule has 5 nitrogen and oxygen atoms in total. The van der Waals surface area contributed by atoms with E-state index in [0.717, 1.165) is 12.3 Å². The molecule has 0 unspecified atom stereocenters. The summed E-state index contributed by atoms with van der Waals surface area (Å²) in [6.07, 6.45) is -2.54. The summed E-state index contributed by atoms with van der Waals surface area (Å²) in [5.41, 5.74) is -0.544. The monoisotopic (exact) mass is 404 g/mol. The van der Waals surface area contributed by atoms with Gasteiger partial charge in [0.15, 0.2) is 11.5 Å². The standard InChI is InChI=1S/C14H9BrF4N4O/c1-7-2-9(22-24-7)5-23-6-11(14(17,18)19)21-13(23)8-3-10(16)12(15)20-4-8/h2-4,6H,5H2,1H3. The first kappa shape index (κ1) is 16.6. The number of hydrogen-bond acceptors (Lipinski definition) is 4. The van der Waals surface area contributed by atoms with Gasteiger partial charge in [-0.2, -0.15) is 13.2 Å². The number of rotatable bonds is 3. The molecule has 0 aliphatic carbocycles. The van der Waals surface area contributed by atoms with Gasteiger partial charge in [-0.05, 0) is 28.9 Å². The third kappa shape index (κ3) is 3.32. The molecular formula is C14H9BrF4N4O. The van der Waals surface area contributed by atoms with Crippen LogP contribution in [0.25, 0.3) is 11.4 Å². The van der Waals surface area contributed by atoms with E-state index < -0.39 is 17.7 Å². The van der Waals surface area contributed by atoms with E-state index in [1.165, 1.54) is 10.8 Å². The number of nitrogens with zero attached hydrogens (tertiary/aromatic N) is 4. The van der Waals surface area contributed by atoms with Gasteiger partial charge in [0, 0.05) is 24.0 Å². The van der Waals surface area contributed by atoms with Gasteiger partial charge >= 0.3 is 6.18 Å². The minimum Gasteiger partial charge on any atom is -0.361 e. The van der Waals surface area contributed by atoms with Crippen LogP contribution in [0.4, 0.5) is 17.6 Å². The summed E-state index contributed by atoms with van der Waals surface area (Å²) < 4.78 is 58.7. The van der Waals surface area contributed by atoms with Gasteiger partial charge in [-0.3, -0.25) is 0 Å². The molecule has 126 valence electrons. The average Bonchev–Trinajstić information content (AvgIpc) is 3.09. The number of halogens is 5. The summed E-state index contributed by atoms with van der Waals surface area (Å²) in [6.45, 7) is 1.66. The van der Waals surface area contributed by atoms with E-state index in [-0.39, 0.29) is 22.5 Å². The van der Waals surface area contributed by atoms with Crippen molar-refractivity contribution in [2.75, 3.05) is 0 Å². The zero-order chi connectivity index (χ0) is 17.5. The van der Waals surface area contributed by atoms with Gasteiger partial charge in [-0.1, -0.05) is 5.16 Å². The van der Waals surface area contributed by atoms with Crippen LogP contribution in [-0.4, -0.2) is 19.7 Å². The fourth-order valence-electron chi connectivity index (χ4n) is 2.11. The Labute approximate surface area is 141 Å². The summed E-state index contributed by atoms with van der Waals surface area (Å²) in [4.78, 5) is 7.33. The zero-order valence-electron chi connectivity index (χ0n) is 12.1. The maximum Gasteiger partial charge on any atom is 0.434 e. The van der Waals surface area contributed by atoms with Crippen molar-refractivity contribution in [2.45, 2.75) is 19.6 Å². The van der Waals surface area contributed by atoms with Crippen LogP contribution in [0.5, 0.6) is 0 Å². The quantitative estimate of drug-likeness (QED) is 0.484. The van der Waals surface area contributed by atoms with Gasteiger partial charge in [0.2, 0.25) is 0 Å². The molecule has 0 saturated carbocycles. The number of aromatic nitrogens is 4. The molecule has 0 radical (unpaired) electrons. The highest BCUT2D eigenvalue weighted by Crippen LogP contribution is 2.31. The summed E-state index contributed by atoms with van der Waals surface area (Å²) in [5, 5.41) is 3.75. The summed E-state index contributed by atoms with van der Waals surface area (Å²) in [7, 11) is 0. The largest absolute Gasteiger partial charge is 0.434 e. The first-order valence-corrected chi connectivity index (χ1v) is 7.41. The topological polar surface area (TPSA) is 56.7 Å². The molecular weight excluding hydrogens is 396 g/mol. The van der Waals surface area contributed by atoms with Gasteiger partial charge in [0.25, 0.3) is 0 Å². The average molecular weight is 405 g/mol. The van der Waals surface area contributed by atoms with E-state index in [0.29, 0.717) is 11.5 Å².